The zero-order chi connectivity index (χ0) is 21.6. The number of carboxylic acid groups (broad SMARTS) is 1. The topological polar surface area (TPSA) is 57.5 Å². The molecule has 0 aliphatic rings. The summed E-state index contributed by atoms with van der Waals surface area (Å²) >= 11 is 0. The van der Waals surface area contributed by atoms with Gasteiger partial charge in [0.2, 0.25) is 0 Å². The molecule has 0 radical (unpaired) electrons. The maximum Gasteiger partial charge on any atom is 0.306 e. The van der Waals surface area contributed by atoms with E-state index in [1.807, 2.05) is 12.1 Å². The third-order valence-electron chi connectivity index (χ3n) is 5.53. The van der Waals surface area contributed by atoms with Crippen molar-refractivity contribution in [3.63, 3.8) is 0 Å². The number of phenols is 1. The summed E-state index contributed by atoms with van der Waals surface area (Å²) in [6, 6.07) is 7.30. The average molecular weight is 401 g/mol. The molecule has 0 heterocycles. The number of phenolic OH excluding ortho intramolecular Hbond substituents is 1. The molecule has 2 unspecified atom stereocenters. The van der Waals surface area contributed by atoms with Gasteiger partial charge in [0.05, 0.1) is 5.92 Å². The molecule has 0 aliphatic carbocycles. The number of carboxylic acids is 1. The number of aliphatic carboxylic acids is 1. The van der Waals surface area contributed by atoms with E-state index in [1.165, 1.54) is 30.4 Å². The van der Waals surface area contributed by atoms with E-state index in [4.69, 9.17) is 0 Å². The Hall–Kier alpha value is -2.03. The first-order valence-electron chi connectivity index (χ1n) is 11.1. The smallest absolute Gasteiger partial charge is 0.306 e. The first-order valence-corrected chi connectivity index (χ1v) is 11.1. The number of aromatic hydroxyl groups is 1. The SMILES string of the molecule is CCCCCCC(CC(C/C=C(\C)CCC=C(C)C)C(=O)O)c1ccc(O)cc1. The Bertz CT molecular complexity index is 651. The van der Waals surface area contributed by atoms with Gasteiger partial charge < -0.3 is 10.2 Å². The fraction of sp³-hybridized carbons (Fsp3) is 0.577. The predicted molar refractivity (Wildman–Crippen MR) is 122 cm³/mol. The highest BCUT2D eigenvalue weighted by molar-refractivity contribution is 5.70. The Balaban J connectivity index is 2.80. The summed E-state index contributed by atoms with van der Waals surface area (Å²) in [5.74, 6) is -0.620. The van der Waals surface area contributed by atoms with Crippen molar-refractivity contribution >= 4 is 5.97 Å². The second kappa shape index (κ2) is 14.0. The fourth-order valence-corrected chi connectivity index (χ4v) is 3.66. The van der Waals surface area contributed by atoms with Crippen molar-refractivity contribution in [2.75, 3.05) is 0 Å². The Morgan fingerprint density at radius 1 is 1.03 bits per heavy atom. The van der Waals surface area contributed by atoms with E-state index in [0.29, 0.717) is 12.8 Å². The molecule has 0 saturated heterocycles. The molecule has 0 spiro atoms. The largest absolute Gasteiger partial charge is 0.508 e. The molecule has 1 aromatic carbocycles. The van der Waals surface area contributed by atoms with Crippen LogP contribution in [0.1, 0.15) is 97.0 Å². The van der Waals surface area contributed by atoms with Crippen molar-refractivity contribution in [1.82, 2.24) is 0 Å². The monoisotopic (exact) mass is 400 g/mol. The van der Waals surface area contributed by atoms with E-state index in [-0.39, 0.29) is 17.6 Å². The molecule has 29 heavy (non-hydrogen) atoms. The molecule has 0 saturated carbocycles. The van der Waals surface area contributed by atoms with Gasteiger partial charge in [0.1, 0.15) is 5.75 Å². The van der Waals surface area contributed by atoms with Gasteiger partial charge >= 0.3 is 5.97 Å². The first-order chi connectivity index (χ1) is 13.8. The lowest BCUT2D eigenvalue weighted by Gasteiger charge is -2.21. The minimum absolute atomic E-state index is 0.216. The van der Waals surface area contributed by atoms with E-state index in [0.717, 1.165) is 31.2 Å². The molecule has 0 aromatic heterocycles. The summed E-state index contributed by atoms with van der Waals surface area (Å²) < 4.78 is 0. The van der Waals surface area contributed by atoms with Crippen molar-refractivity contribution in [1.29, 1.82) is 0 Å². The van der Waals surface area contributed by atoms with E-state index < -0.39 is 5.97 Å². The highest BCUT2D eigenvalue weighted by Gasteiger charge is 2.23. The normalized spacial score (nSPS) is 13.7. The molecule has 0 amide bonds. The average Bonchev–Trinajstić information content (AvgIpc) is 2.67. The van der Waals surface area contributed by atoms with Crippen molar-refractivity contribution in [2.45, 2.75) is 91.4 Å². The molecular formula is C26H40O3. The van der Waals surface area contributed by atoms with Crippen LogP contribution in [0.15, 0.2) is 47.6 Å². The van der Waals surface area contributed by atoms with Crippen LogP contribution in [0.2, 0.25) is 0 Å². The molecule has 2 N–H and O–H groups in total. The minimum atomic E-state index is -0.712. The van der Waals surface area contributed by atoms with Crippen LogP contribution in [0.4, 0.5) is 0 Å². The van der Waals surface area contributed by atoms with Gasteiger partial charge in [-0.3, -0.25) is 4.79 Å². The van der Waals surface area contributed by atoms with Crippen LogP contribution < -0.4 is 0 Å². The van der Waals surface area contributed by atoms with E-state index >= 15 is 0 Å². The molecule has 0 aliphatic heterocycles. The predicted octanol–water partition coefficient (Wildman–Crippen LogP) is 7.62. The Morgan fingerprint density at radius 2 is 1.72 bits per heavy atom. The number of hydrogen-bond acceptors (Lipinski definition) is 2. The molecule has 0 bridgehead atoms. The summed E-state index contributed by atoms with van der Waals surface area (Å²) in [6.45, 7) is 8.50. The Kier molecular flexibility index (Phi) is 12.1. The van der Waals surface area contributed by atoms with Crippen LogP contribution in [0.5, 0.6) is 5.75 Å². The van der Waals surface area contributed by atoms with Crippen LogP contribution in [0, 0.1) is 5.92 Å². The van der Waals surface area contributed by atoms with Gasteiger partial charge in [0.25, 0.3) is 0 Å². The lowest BCUT2D eigenvalue weighted by molar-refractivity contribution is -0.142. The molecule has 1 rings (SSSR count). The van der Waals surface area contributed by atoms with Crippen LogP contribution >= 0.6 is 0 Å². The van der Waals surface area contributed by atoms with Gasteiger partial charge in [-0.15, -0.1) is 0 Å². The second-order valence-corrected chi connectivity index (χ2v) is 8.51. The molecular weight excluding hydrogens is 360 g/mol. The van der Waals surface area contributed by atoms with Crippen molar-refractivity contribution < 1.29 is 15.0 Å². The summed E-state index contributed by atoms with van der Waals surface area (Å²) in [5.41, 5.74) is 3.72. The maximum absolute atomic E-state index is 11.9. The van der Waals surface area contributed by atoms with E-state index in [1.54, 1.807) is 12.1 Å². The summed E-state index contributed by atoms with van der Waals surface area (Å²) in [5, 5.41) is 19.4. The lowest BCUT2D eigenvalue weighted by Crippen LogP contribution is -2.17. The quantitative estimate of drug-likeness (QED) is 0.249. The number of allylic oxidation sites excluding steroid dienone is 4. The second-order valence-electron chi connectivity index (χ2n) is 8.51. The molecule has 3 nitrogen and oxygen atoms in total. The molecule has 0 fully saturated rings. The standard InChI is InChI=1S/C26H40O3/c1-5-6-7-8-12-23(22-15-17-25(27)18-16-22)19-24(26(28)29)14-13-21(4)11-9-10-20(2)3/h10,13,15-18,23-24,27H,5-9,11-12,14,19H2,1-4H3,(H,28,29)/b21-13+. The van der Waals surface area contributed by atoms with E-state index in [9.17, 15) is 15.0 Å². The number of rotatable bonds is 14. The van der Waals surface area contributed by atoms with Crippen molar-refractivity contribution in [3.8, 4) is 5.75 Å². The number of carbonyl (C=O) groups is 1. The Morgan fingerprint density at radius 3 is 2.31 bits per heavy atom. The van der Waals surface area contributed by atoms with E-state index in [2.05, 4.69) is 39.8 Å². The van der Waals surface area contributed by atoms with Gasteiger partial charge in [-0.1, -0.05) is 68.0 Å². The van der Waals surface area contributed by atoms with Crippen LogP contribution in [0.25, 0.3) is 0 Å². The van der Waals surface area contributed by atoms with Crippen molar-refractivity contribution in [3.05, 3.63) is 53.1 Å². The molecule has 162 valence electrons. The summed E-state index contributed by atoms with van der Waals surface area (Å²) in [6.07, 6.45) is 13.3. The number of hydrogen-bond donors (Lipinski definition) is 2. The Labute approximate surface area is 177 Å². The molecule has 3 heteroatoms. The van der Waals surface area contributed by atoms with Crippen LogP contribution in [0.3, 0.4) is 0 Å². The molecule has 2 atom stereocenters. The van der Waals surface area contributed by atoms with Gasteiger partial charge in [0, 0.05) is 0 Å². The third kappa shape index (κ3) is 10.9. The highest BCUT2D eigenvalue weighted by Crippen LogP contribution is 2.32. The van der Waals surface area contributed by atoms with Crippen molar-refractivity contribution in [2.24, 2.45) is 5.92 Å². The highest BCUT2D eigenvalue weighted by atomic mass is 16.4. The van der Waals surface area contributed by atoms with Crippen LogP contribution in [-0.4, -0.2) is 16.2 Å². The first kappa shape index (κ1) is 25.0. The van der Waals surface area contributed by atoms with Gasteiger partial charge in [0.15, 0.2) is 0 Å². The minimum Gasteiger partial charge on any atom is -0.508 e. The summed E-state index contributed by atoms with van der Waals surface area (Å²) in [7, 11) is 0. The number of unbranched alkanes of at least 4 members (excludes halogenated alkanes) is 3. The van der Waals surface area contributed by atoms with Crippen LogP contribution in [-0.2, 0) is 4.79 Å². The third-order valence-corrected chi connectivity index (χ3v) is 5.53. The maximum atomic E-state index is 11.9. The molecule has 1 aromatic rings. The van der Waals surface area contributed by atoms with Gasteiger partial charge in [-0.2, -0.15) is 0 Å². The summed E-state index contributed by atoms with van der Waals surface area (Å²) in [4.78, 5) is 11.9. The zero-order valence-electron chi connectivity index (χ0n) is 18.8. The van der Waals surface area contributed by atoms with Gasteiger partial charge in [-0.25, -0.2) is 0 Å². The fourth-order valence-electron chi connectivity index (χ4n) is 3.66. The lowest BCUT2D eigenvalue weighted by atomic mass is 9.83. The number of benzene rings is 1. The van der Waals surface area contributed by atoms with Gasteiger partial charge in [-0.05, 0) is 76.5 Å². The zero-order valence-corrected chi connectivity index (χ0v) is 18.8.